The number of hydrogen-bond donors (Lipinski definition) is 1. The first-order valence-electron chi connectivity index (χ1n) is 4.02. The molecule has 0 bridgehead atoms. The second-order valence-electron chi connectivity index (χ2n) is 2.81. The lowest BCUT2D eigenvalue weighted by atomic mass is 10.2. The van der Waals surface area contributed by atoms with Crippen LogP contribution < -0.4 is 5.32 Å². The van der Waals surface area contributed by atoms with Gasteiger partial charge >= 0.3 is 0 Å². The maximum Gasteiger partial charge on any atom is 0.00458 e. The van der Waals surface area contributed by atoms with Crippen LogP contribution in [0.4, 0.5) is 0 Å². The summed E-state index contributed by atoms with van der Waals surface area (Å²) >= 11 is 1.85. The summed E-state index contributed by atoms with van der Waals surface area (Å²) < 4.78 is 0. The molecule has 0 radical (unpaired) electrons. The van der Waals surface area contributed by atoms with Gasteiger partial charge in [-0.25, -0.2) is 0 Å². The van der Waals surface area contributed by atoms with Crippen LogP contribution in [0.1, 0.15) is 18.2 Å². The van der Waals surface area contributed by atoms with Crippen molar-refractivity contribution < 1.29 is 0 Å². The molecule has 0 saturated carbocycles. The van der Waals surface area contributed by atoms with Crippen molar-refractivity contribution in [3.63, 3.8) is 0 Å². The summed E-state index contributed by atoms with van der Waals surface area (Å²) in [6.45, 7) is 2.22. The fourth-order valence-corrected chi connectivity index (χ4v) is 1.68. The molecule has 1 atom stereocenters. The molecule has 11 heavy (non-hydrogen) atoms. The Balaban J connectivity index is 2.23. The van der Waals surface area contributed by atoms with Crippen LogP contribution in [0.2, 0.25) is 0 Å². The molecule has 0 amide bonds. The average molecular weight is 169 g/mol. The van der Waals surface area contributed by atoms with E-state index >= 15 is 0 Å². The van der Waals surface area contributed by atoms with E-state index in [1.54, 1.807) is 0 Å². The van der Waals surface area contributed by atoms with Gasteiger partial charge < -0.3 is 5.32 Å². The van der Waals surface area contributed by atoms with Crippen molar-refractivity contribution in [2.24, 2.45) is 0 Å². The van der Waals surface area contributed by atoms with E-state index in [4.69, 9.17) is 0 Å². The Hall–Kier alpha value is -0.340. The van der Waals surface area contributed by atoms with E-state index in [2.05, 4.69) is 29.8 Å². The van der Waals surface area contributed by atoms with E-state index in [1.807, 2.05) is 18.4 Å². The normalized spacial score (nSPS) is 13.3. The Bertz CT molecular complexity index is 181. The average Bonchev–Trinajstić information content (AvgIpc) is 2.52. The van der Waals surface area contributed by atoms with Crippen LogP contribution in [-0.2, 0) is 6.42 Å². The first kappa shape index (κ1) is 8.75. The highest BCUT2D eigenvalue weighted by atomic mass is 32.1. The van der Waals surface area contributed by atoms with E-state index in [0.29, 0.717) is 6.04 Å². The highest BCUT2D eigenvalue weighted by Gasteiger charge is 1.98. The van der Waals surface area contributed by atoms with Crippen molar-refractivity contribution in [2.75, 3.05) is 7.05 Å². The predicted octanol–water partition coefficient (Wildman–Crippen LogP) is 2.29. The molecule has 0 unspecified atom stereocenters. The molecule has 0 spiro atoms. The van der Waals surface area contributed by atoms with Crippen molar-refractivity contribution in [3.8, 4) is 0 Å². The summed E-state index contributed by atoms with van der Waals surface area (Å²) in [5.74, 6) is 0. The van der Waals surface area contributed by atoms with Gasteiger partial charge in [-0.3, -0.25) is 0 Å². The predicted molar refractivity (Wildman–Crippen MR) is 51.2 cm³/mol. The van der Waals surface area contributed by atoms with E-state index in [-0.39, 0.29) is 0 Å². The summed E-state index contributed by atoms with van der Waals surface area (Å²) in [4.78, 5) is 1.49. The highest BCUT2D eigenvalue weighted by molar-refractivity contribution is 7.09. The first-order chi connectivity index (χ1) is 5.33. The third kappa shape index (κ3) is 3.04. The van der Waals surface area contributed by atoms with Gasteiger partial charge in [0.25, 0.3) is 0 Å². The lowest BCUT2D eigenvalue weighted by molar-refractivity contribution is 0.567. The molecule has 1 heterocycles. The van der Waals surface area contributed by atoms with Gasteiger partial charge in [0, 0.05) is 10.9 Å². The SMILES string of the molecule is CN[C@@H](C)CCc1cccs1. The summed E-state index contributed by atoms with van der Waals surface area (Å²) in [7, 11) is 2.01. The molecule has 0 aliphatic heterocycles. The number of nitrogens with one attached hydrogen (secondary N) is 1. The van der Waals surface area contributed by atoms with E-state index in [9.17, 15) is 0 Å². The van der Waals surface area contributed by atoms with Gasteiger partial charge in [-0.2, -0.15) is 0 Å². The van der Waals surface area contributed by atoms with Crippen LogP contribution in [0, 0.1) is 0 Å². The largest absolute Gasteiger partial charge is 0.317 e. The minimum Gasteiger partial charge on any atom is -0.317 e. The molecule has 1 nitrogen and oxygen atoms in total. The molecule has 1 N–H and O–H groups in total. The molecule has 2 heteroatoms. The second-order valence-corrected chi connectivity index (χ2v) is 3.84. The van der Waals surface area contributed by atoms with Gasteiger partial charge in [-0.05, 0) is 38.3 Å². The van der Waals surface area contributed by atoms with E-state index in [1.165, 1.54) is 17.7 Å². The van der Waals surface area contributed by atoms with Crippen molar-refractivity contribution in [3.05, 3.63) is 22.4 Å². The molecule has 0 saturated heterocycles. The third-order valence-electron chi connectivity index (χ3n) is 1.90. The van der Waals surface area contributed by atoms with E-state index < -0.39 is 0 Å². The molecule has 1 rings (SSSR count). The van der Waals surface area contributed by atoms with Crippen LogP contribution in [0.3, 0.4) is 0 Å². The third-order valence-corrected chi connectivity index (χ3v) is 2.83. The van der Waals surface area contributed by atoms with Crippen molar-refractivity contribution >= 4 is 11.3 Å². The maximum atomic E-state index is 3.23. The zero-order valence-electron chi connectivity index (χ0n) is 7.13. The standard InChI is InChI=1S/C9H15NS/c1-8(10-2)5-6-9-4-3-7-11-9/h3-4,7-8,10H,5-6H2,1-2H3/t8-/m0/s1. The molecule has 1 aromatic heterocycles. The molecule has 0 aliphatic rings. The van der Waals surface area contributed by atoms with Gasteiger partial charge in [0.15, 0.2) is 0 Å². The molecule has 1 aromatic rings. The van der Waals surface area contributed by atoms with Gasteiger partial charge in [0.2, 0.25) is 0 Å². The van der Waals surface area contributed by atoms with Crippen LogP contribution >= 0.6 is 11.3 Å². The summed E-state index contributed by atoms with van der Waals surface area (Å²) in [5, 5.41) is 5.37. The van der Waals surface area contributed by atoms with Crippen molar-refractivity contribution in [1.82, 2.24) is 5.32 Å². The molecular weight excluding hydrogens is 154 g/mol. The zero-order valence-corrected chi connectivity index (χ0v) is 7.95. The zero-order chi connectivity index (χ0) is 8.10. The highest BCUT2D eigenvalue weighted by Crippen LogP contribution is 2.11. The number of aryl methyl sites for hydroxylation is 1. The monoisotopic (exact) mass is 169 g/mol. The Labute approximate surface area is 72.4 Å². The Morgan fingerprint density at radius 1 is 1.64 bits per heavy atom. The summed E-state index contributed by atoms with van der Waals surface area (Å²) in [6.07, 6.45) is 2.44. The molecule has 0 fully saturated rings. The summed E-state index contributed by atoms with van der Waals surface area (Å²) in [5.41, 5.74) is 0. The van der Waals surface area contributed by atoms with Crippen molar-refractivity contribution in [1.29, 1.82) is 0 Å². The Morgan fingerprint density at radius 3 is 3.00 bits per heavy atom. The fourth-order valence-electron chi connectivity index (χ4n) is 0.958. The minimum absolute atomic E-state index is 0.636. The van der Waals surface area contributed by atoms with Crippen LogP contribution in [0.5, 0.6) is 0 Å². The first-order valence-corrected chi connectivity index (χ1v) is 4.90. The van der Waals surface area contributed by atoms with Crippen LogP contribution in [0.15, 0.2) is 17.5 Å². The molecule has 0 aromatic carbocycles. The number of rotatable bonds is 4. The quantitative estimate of drug-likeness (QED) is 0.729. The molecular formula is C9H15NS. The smallest absolute Gasteiger partial charge is 0.00458 e. The van der Waals surface area contributed by atoms with Crippen LogP contribution in [0.25, 0.3) is 0 Å². The van der Waals surface area contributed by atoms with Gasteiger partial charge in [-0.15, -0.1) is 11.3 Å². The lowest BCUT2D eigenvalue weighted by Gasteiger charge is -2.07. The van der Waals surface area contributed by atoms with Crippen molar-refractivity contribution in [2.45, 2.75) is 25.8 Å². The topological polar surface area (TPSA) is 12.0 Å². The van der Waals surface area contributed by atoms with E-state index in [0.717, 1.165) is 0 Å². The van der Waals surface area contributed by atoms with Crippen LogP contribution in [-0.4, -0.2) is 13.1 Å². The van der Waals surface area contributed by atoms with Gasteiger partial charge in [0.1, 0.15) is 0 Å². The van der Waals surface area contributed by atoms with Gasteiger partial charge in [0.05, 0.1) is 0 Å². The van der Waals surface area contributed by atoms with Gasteiger partial charge in [-0.1, -0.05) is 6.07 Å². The number of thiophene rings is 1. The fraction of sp³-hybridized carbons (Fsp3) is 0.556. The minimum atomic E-state index is 0.636. The lowest BCUT2D eigenvalue weighted by Crippen LogP contribution is -2.21. The molecule has 0 aliphatic carbocycles. The Morgan fingerprint density at radius 2 is 2.45 bits per heavy atom. The number of hydrogen-bond acceptors (Lipinski definition) is 2. The summed E-state index contributed by atoms with van der Waals surface area (Å²) in [6, 6.07) is 4.95. The Kier molecular flexibility index (Phi) is 3.60. The second kappa shape index (κ2) is 4.52. The maximum absolute atomic E-state index is 3.23. The molecule has 62 valence electrons.